The van der Waals surface area contributed by atoms with Crippen molar-refractivity contribution >= 4 is 71.8 Å². The highest BCUT2D eigenvalue weighted by atomic mass is 19.4. The molecule has 0 aromatic heterocycles. The number of amides is 3. The average Bonchev–Trinajstić information content (AvgIpc) is 0.726. The molecule has 1 fully saturated rings. The van der Waals surface area contributed by atoms with Crippen LogP contribution in [0.5, 0.6) is 0 Å². The molecule has 1 aromatic carbocycles. The van der Waals surface area contributed by atoms with Gasteiger partial charge in [-0.15, -0.1) is 0 Å². The van der Waals surface area contributed by atoms with Gasteiger partial charge in [-0.3, -0.25) is 57.5 Å². The number of hydrogen-bond donors (Lipinski definition) is 3. The van der Waals surface area contributed by atoms with Gasteiger partial charge >= 0.3 is 83.5 Å². The summed E-state index contributed by atoms with van der Waals surface area (Å²) >= 11 is 0. The van der Waals surface area contributed by atoms with Gasteiger partial charge in [0, 0.05) is 80.5 Å². The van der Waals surface area contributed by atoms with Gasteiger partial charge in [0.1, 0.15) is 37.7 Å². The van der Waals surface area contributed by atoms with Crippen molar-refractivity contribution in [3.8, 4) is 0 Å². The number of aldehydes is 1. The van der Waals surface area contributed by atoms with Crippen LogP contribution < -0.4 is 16.0 Å². The van der Waals surface area contributed by atoms with E-state index in [2.05, 4.69) is 5.32 Å². The van der Waals surface area contributed by atoms with Crippen molar-refractivity contribution in [3.63, 3.8) is 0 Å². The van der Waals surface area contributed by atoms with Crippen LogP contribution in [0.1, 0.15) is 84.2 Å². The second kappa shape index (κ2) is 30.4. The Labute approximate surface area is 476 Å². The lowest BCUT2D eigenvalue weighted by Crippen LogP contribution is -2.70. The van der Waals surface area contributed by atoms with Crippen molar-refractivity contribution in [3.05, 3.63) is 35.4 Å². The number of alkyl halides is 13. The van der Waals surface area contributed by atoms with Gasteiger partial charge in [-0.1, -0.05) is 24.3 Å². The van der Waals surface area contributed by atoms with Crippen molar-refractivity contribution in [1.82, 2.24) is 16.0 Å². The number of rotatable bonds is 30. The van der Waals surface area contributed by atoms with Gasteiger partial charge in [0.05, 0.1) is 6.42 Å². The molecule has 25 nitrogen and oxygen atoms in total. The molecule has 3 N–H and O–H groups in total. The van der Waals surface area contributed by atoms with Crippen LogP contribution in [0.3, 0.4) is 0 Å². The fourth-order valence-electron chi connectivity index (χ4n) is 7.44. The Morgan fingerprint density at radius 1 is 0.558 bits per heavy atom. The smallest absolute Gasteiger partial charge is 0.460 e. The van der Waals surface area contributed by atoms with E-state index in [1.54, 1.807) is 5.32 Å². The van der Waals surface area contributed by atoms with Crippen molar-refractivity contribution in [2.75, 3.05) is 19.8 Å². The molecular weight excluding hydrogens is 1220 g/mol. The van der Waals surface area contributed by atoms with Gasteiger partial charge in [-0.05, 0) is 5.56 Å². The van der Waals surface area contributed by atoms with E-state index >= 15 is 0 Å². The van der Waals surface area contributed by atoms with Gasteiger partial charge < -0.3 is 63.3 Å². The normalized spacial score (nSPS) is 19.2. The fraction of sp³-hybridized carbons (Fsp3) is 0.625. The minimum Gasteiger partial charge on any atom is -0.463 e. The van der Waals surface area contributed by atoms with Gasteiger partial charge in [-0.2, -0.15) is 57.1 Å². The standard InChI is InChI=1S/C48H54F13N3O22/c1-20(66)77-18-31(79-22(3)68)35(86-42-39(84-27(8)73)37(82-25(6)71)34(80-23(4)69)32(85-42)19-78-21(2)67)36(81-24(5)70)38(83-26(7)72)41(76)64-30(15-33(74)63-16-28-9-11-29(17-65)12-10-28)40(75)62-14-13-43(49,50)44(51,52)45(53,54)46(55,56)47(57,58)48(59,60)61/h9-12,17,30-32,34-39,42H,13-16,18-19H2,1-8H3,(H,62,75)(H,63,74)(H,64,76)/t30-,31+,32+,34-,35+,36-,37-,38+,39+,42-/m0/s1. The number of hydrogen-bond acceptors (Lipinski definition) is 22. The van der Waals surface area contributed by atoms with Crippen molar-refractivity contribution < 1.29 is 162 Å². The van der Waals surface area contributed by atoms with E-state index in [1.807, 2.05) is 0 Å². The van der Waals surface area contributed by atoms with Crippen LogP contribution in [-0.4, -0.2) is 188 Å². The Kier molecular flexibility index (Phi) is 26.2. The summed E-state index contributed by atoms with van der Waals surface area (Å²) in [5.41, 5.74) is 0.301. The highest BCUT2D eigenvalue weighted by Crippen LogP contribution is 2.60. The second-order valence-corrected chi connectivity index (χ2v) is 18.2. The highest BCUT2D eigenvalue weighted by Gasteiger charge is 2.90. The Bertz CT molecular complexity index is 2650. The summed E-state index contributed by atoms with van der Waals surface area (Å²) in [4.78, 5) is 154. The molecule has 0 aliphatic carbocycles. The van der Waals surface area contributed by atoms with Crippen LogP contribution >= 0.6 is 0 Å². The number of carbonyl (C=O) groups excluding carboxylic acids is 12. The SMILES string of the molecule is CC(=O)OC[C@H]1O[C@@H](O[C@@H]([C@H](OC(C)=O)[C@@H](OC(C)=O)C(=O)N[C@@H](CC(=O)NCc2ccc(C=O)cc2)C(=O)NCCC(F)(F)C(F)(F)C(F)(F)C(F)(F)C(F)(F)C(F)(F)F)[C@@H](COC(C)=O)OC(C)=O)[C@H](OC(C)=O)[C@@H](OC(C)=O)[C@H]1OC(C)=O. The third-order valence-corrected chi connectivity index (χ3v) is 11.2. The number of esters is 8. The molecule has 10 atom stereocenters. The van der Waals surface area contributed by atoms with E-state index in [4.69, 9.17) is 47.4 Å². The van der Waals surface area contributed by atoms with Crippen LogP contribution in [0.25, 0.3) is 0 Å². The quantitative estimate of drug-likeness (QED) is 0.0431. The summed E-state index contributed by atoms with van der Waals surface area (Å²) in [7, 11) is 0. The Morgan fingerprint density at radius 3 is 1.53 bits per heavy atom. The Hall–Kier alpha value is -7.93. The number of halogens is 13. The minimum absolute atomic E-state index is 0.116. The average molecular weight is 1270 g/mol. The van der Waals surface area contributed by atoms with E-state index in [0.29, 0.717) is 27.1 Å². The van der Waals surface area contributed by atoms with Gasteiger partial charge in [0.15, 0.2) is 36.8 Å². The summed E-state index contributed by atoms with van der Waals surface area (Å²) in [6.45, 7) is 0.793. The first-order valence-electron chi connectivity index (χ1n) is 24.3. The summed E-state index contributed by atoms with van der Waals surface area (Å²) in [5.74, 6) is -55.1. The maximum Gasteiger partial charge on any atom is 0.460 e. The van der Waals surface area contributed by atoms with Crippen LogP contribution in [0, 0.1) is 0 Å². The minimum atomic E-state index is -8.29. The molecule has 3 amide bonds. The monoisotopic (exact) mass is 1270 g/mol. The zero-order valence-electron chi connectivity index (χ0n) is 45.8. The molecule has 1 aliphatic heterocycles. The molecular formula is C48H54F13N3O22. The first-order chi connectivity index (χ1) is 39.3. The second-order valence-electron chi connectivity index (χ2n) is 18.2. The molecule has 1 aliphatic rings. The molecule has 2 rings (SSSR count). The van der Waals surface area contributed by atoms with Gasteiger partial charge in [0.25, 0.3) is 5.91 Å². The van der Waals surface area contributed by atoms with E-state index in [1.165, 1.54) is 29.6 Å². The molecule has 0 unspecified atom stereocenters. The van der Waals surface area contributed by atoms with E-state index < -0.39 is 202 Å². The lowest BCUT2D eigenvalue weighted by molar-refractivity contribution is -0.440. The predicted molar refractivity (Wildman–Crippen MR) is 249 cm³/mol. The molecule has 0 spiro atoms. The lowest BCUT2D eigenvalue weighted by atomic mass is 9.92. The predicted octanol–water partition coefficient (Wildman–Crippen LogP) is 3.06. The molecule has 38 heteroatoms. The molecule has 86 heavy (non-hydrogen) atoms. The fourth-order valence-corrected chi connectivity index (χ4v) is 7.44. The highest BCUT2D eigenvalue weighted by molar-refractivity contribution is 5.94. The molecule has 0 saturated carbocycles. The number of carbonyl (C=O) groups is 12. The Morgan fingerprint density at radius 2 is 1.06 bits per heavy atom. The summed E-state index contributed by atoms with van der Waals surface area (Å²) in [6.07, 6.45) is -33.4. The van der Waals surface area contributed by atoms with Crippen molar-refractivity contribution in [2.45, 2.75) is 172 Å². The summed E-state index contributed by atoms with van der Waals surface area (Å²) in [6, 6.07) is 2.27. The Balaban J connectivity index is 2.97. The first kappa shape index (κ1) is 74.2. The third kappa shape index (κ3) is 19.8. The molecule has 0 radical (unpaired) electrons. The number of ether oxygens (including phenoxy) is 10. The molecule has 1 heterocycles. The summed E-state index contributed by atoms with van der Waals surface area (Å²) in [5, 5.41) is 5.18. The molecule has 1 saturated heterocycles. The number of benzene rings is 1. The van der Waals surface area contributed by atoms with Gasteiger partial charge in [0.2, 0.25) is 17.9 Å². The molecule has 0 bridgehead atoms. The molecule has 1 aromatic rings. The van der Waals surface area contributed by atoms with Crippen LogP contribution in [0.4, 0.5) is 57.1 Å². The largest absolute Gasteiger partial charge is 0.463 e. The molecule has 484 valence electrons. The summed E-state index contributed by atoms with van der Waals surface area (Å²) < 4.78 is 234. The topological polar surface area (TPSA) is 333 Å². The zero-order valence-corrected chi connectivity index (χ0v) is 45.8. The van der Waals surface area contributed by atoms with Crippen molar-refractivity contribution in [2.24, 2.45) is 0 Å². The van der Waals surface area contributed by atoms with E-state index in [9.17, 15) is 115 Å². The maximum atomic E-state index is 14.9. The van der Waals surface area contributed by atoms with Crippen LogP contribution in [-0.2, 0) is 107 Å². The first-order valence-corrected chi connectivity index (χ1v) is 24.3. The van der Waals surface area contributed by atoms with Crippen LogP contribution in [0.15, 0.2) is 24.3 Å². The van der Waals surface area contributed by atoms with Gasteiger partial charge in [-0.25, -0.2) is 0 Å². The van der Waals surface area contributed by atoms with Crippen LogP contribution in [0.2, 0.25) is 0 Å². The maximum absolute atomic E-state index is 14.9. The van der Waals surface area contributed by atoms with Crippen molar-refractivity contribution in [1.29, 1.82) is 0 Å². The number of nitrogens with one attached hydrogen (secondary N) is 3. The van der Waals surface area contributed by atoms with E-state index in [0.717, 1.165) is 34.6 Å². The zero-order chi connectivity index (χ0) is 66.2. The van der Waals surface area contributed by atoms with E-state index in [-0.39, 0.29) is 11.1 Å². The third-order valence-electron chi connectivity index (χ3n) is 11.2. The lowest BCUT2D eigenvalue weighted by Gasteiger charge is -2.46.